The number of hydrogen-bond acceptors (Lipinski definition) is 9. The number of carbonyl (C=O) groups is 6. The molecule has 0 saturated carbocycles. The van der Waals surface area contributed by atoms with Crippen LogP contribution >= 0.6 is 0 Å². The highest BCUT2D eigenvalue weighted by atomic mass is 16.6. The molecule has 4 heterocycles. The van der Waals surface area contributed by atoms with Gasteiger partial charge in [0.2, 0.25) is 17.7 Å². The second kappa shape index (κ2) is 36.5. The van der Waals surface area contributed by atoms with Crippen LogP contribution in [-0.2, 0) is 54.3 Å². The first-order valence-corrected chi connectivity index (χ1v) is 32.8. The number of likely N-dealkylation sites (tertiary alicyclic amines) is 3. The highest BCUT2D eigenvalue weighted by Gasteiger charge is 2.38. The first kappa shape index (κ1) is 69.4. The zero-order chi connectivity index (χ0) is 62.4. The van der Waals surface area contributed by atoms with E-state index in [1.807, 2.05) is 58.6 Å². The molecule has 15 nitrogen and oxygen atoms in total. The number of ether oxygens (including phenoxy) is 2. The van der Waals surface area contributed by atoms with E-state index in [0.717, 1.165) is 109 Å². The van der Waals surface area contributed by atoms with Gasteiger partial charge in [-0.1, -0.05) is 128 Å². The van der Waals surface area contributed by atoms with Crippen LogP contribution in [0.3, 0.4) is 0 Å². The normalized spacial score (nSPS) is 17.7. The maximum atomic E-state index is 13.8. The number of carboxylic acid groups (broad SMARTS) is 1. The Morgan fingerprint density at radius 1 is 0.483 bits per heavy atom. The third kappa shape index (κ3) is 26.2. The zero-order valence-corrected chi connectivity index (χ0v) is 53.4. The molecule has 5 amide bonds. The number of piperidine rings is 4. The van der Waals surface area contributed by atoms with Crippen molar-refractivity contribution in [2.24, 2.45) is 11.8 Å². The summed E-state index contributed by atoms with van der Waals surface area (Å²) >= 11 is 0. The van der Waals surface area contributed by atoms with E-state index in [0.29, 0.717) is 64.8 Å². The summed E-state index contributed by atoms with van der Waals surface area (Å²) in [4.78, 5) is 80.2. The van der Waals surface area contributed by atoms with Crippen molar-refractivity contribution < 1.29 is 43.3 Å². The van der Waals surface area contributed by atoms with E-state index >= 15 is 0 Å². The molecule has 4 aromatic rings. The van der Waals surface area contributed by atoms with Crippen LogP contribution in [0.15, 0.2) is 121 Å². The van der Waals surface area contributed by atoms with Gasteiger partial charge in [0, 0.05) is 50.7 Å². The molecule has 87 heavy (non-hydrogen) atoms. The number of carbonyl (C=O) groups excluding carboxylic acids is 5. The van der Waals surface area contributed by atoms with Gasteiger partial charge in [-0.15, -0.1) is 0 Å². The lowest BCUT2D eigenvalue weighted by Crippen LogP contribution is -2.56. The summed E-state index contributed by atoms with van der Waals surface area (Å²) in [6.45, 7) is 14.5. The molecule has 2 unspecified atom stereocenters. The van der Waals surface area contributed by atoms with Crippen LogP contribution in [0.4, 0.5) is 9.59 Å². The molecule has 4 aromatic carbocycles. The number of carboxylic acids is 1. The Morgan fingerprint density at radius 2 is 0.851 bits per heavy atom. The van der Waals surface area contributed by atoms with Crippen molar-refractivity contribution in [3.8, 4) is 0 Å². The number of nitrogens with one attached hydrogen (secondary N) is 3. The van der Waals surface area contributed by atoms with E-state index in [1.54, 1.807) is 9.80 Å². The summed E-state index contributed by atoms with van der Waals surface area (Å²) in [5.74, 6) is -1.01. The number of aryl methyl sites for hydroxylation is 4. The molecule has 0 radical (unpaired) electrons. The van der Waals surface area contributed by atoms with Crippen LogP contribution in [-0.4, -0.2) is 130 Å². The number of amides is 5. The number of benzene rings is 4. The molecule has 4 N–H and O–H groups in total. The number of aliphatic carboxylic acids is 1. The van der Waals surface area contributed by atoms with Crippen LogP contribution in [0, 0.1) is 11.8 Å². The smallest absolute Gasteiger partial charge is 0.410 e. The topological polar surface area (TPSA) is 187 Å². The van der Waals surface area contributed by atoms with Gasteiger partial charge in [-0.05, 0) is 205 Å². The van der Waals surface area contributed by atoms with Gasteiger partial charge < -0.3 is 45.2 Å². The molecule has 0 bridgehead atoms. The maximum absolute atomic E-state index is 13.8. The first-order valence-electron chi connectivity index (χ1n) is 32.8. The van der Waals surface area contributed by atoms with E-state index in [-0.39, 0.29) is 59.9 Å². The Morgan fingerprint density at radius 3 is 1.21 bits per heavy atom. The number of hydrogen-bond donors (Lipinski definition) is 4. The maximum Gasteiger partial charge on any atom is 0.410 e. The third-order valence-electron chi connectivity index (χ3n) is 16.8. The molecule has 0 spiro atoms. The molecule has 4 aliphatic heterocycles. The van der Waals surface area contributed by atoms with Crippen molar-refractivity contribution in [1.82, 2.24) is 30.7 Å². The highest BCUT2D eigenvalue weighted by molar-refractivity contribution is 5.89. The largest absolute Gasteiger partial charge is 0.481 e. The predicted molar refractivity (Wildman–Crippen MR) is 345 cm³/mol. The summed E-state index contributed by atoms with van der Waals surface area (Å²) in [6.07, 6.45) is 19.7. The minimum Gasteiger partial charge on any atom is -0.481 e. The third-order valence-corrected chi connectivity index (χ3v) is 16.8. The summed E-state index contributed by atoms with van der Waals surface area (Å²) in [7, 11) is 0. The Kier molecular flexibility index (Phi) is 29.1. The zero-order valence-electron chi connectivity index (χ0n) is 53.4. The molecular formula is C72H104N6O9. The van der Waals surface area contributed by atoms with Crippen molar-refractivity contribution in [2.45, 2.75) is 218 Å². The Bertz CT molecular complexity index is 2550. The van der Waals surface area contributed by atoms with Crippen molar-refractivity contribution in [1.29, 1.82) is 0 Å². The van der Waals surface area contributed by atoms with E-state index in [2.05, 4.69) is 125 Å². The minimum absolute atomic E-state index is 0.000466. The molecule has 4 saturated heterocycles. The van der Waals surface area contributed by atoms with Crippen LogP contribution in [0.25, 0.3) is 0 Å². The van der Waals surface area contributed by atoms with Gasteiger partial charge in [-0.25, -0.2) is 9.59 Å². The lowest BCUT2D eigenvalue weighted by atomic mass is 9.92. The van der Waals surface area contributed by atoms with Gasteiger partial charge in [0.1, 0.15) is 17.2 Å². The van der Waals surface area contributed by atoms with E-state index in [1.165, 1.54) is 28.7 Å². The molecule has 8 rings (SSSR count). The fourth-order valence-corrected chi connectivity index (χ4v) is 12.0. The van der Waals surface area contributed by atoms with Crippen LogP contribution in [0.1, 0.15) is 179 Å². The predicted octanol–water partition coefficient (Wildman–Crippen LogP) is 12.9. The van der Waals surface area contributed by atoms with Gasteiger partial charge in [0.05, 0.1) is 12.0 Å². The summed E-state index contributed by atoms with van der Waals surface area (Å²) < 4.78 is 10.7. The molecule has 15 heteroatoms. The van der Waals surface area contributed by atoms with Crippen LogP contribution in [0.5, 0.6) is 0 Å². The molecule has 2 atom stereocenters. The van der Waals surface area contributed by atoms with Crippen molar-refractivity contribution in [2.75, 3.05) is 39.3 Å². The van der Waals surface area contributed by atoms with Crippen molar-refractivity contribution in [3.05, 3.63) is 144 Å². The van der Waals surface area contributed by atoms with Gasteiger partial charge in [0.15, 0.2) is 0 Å². The first-order chi connectivity index (χ1) is 41.8. The standard InChI is InChI=1S/C36H51N3O4.C25H34N2O.C11H19NO4/c1-36(2,3)43-35(42)38-26-23-30(24-27-38)34(41)39-25-11-10-22-32(39)33(40)37-31(20-12-18-28-14-6-4-7-15-28)21-13-19-29-16-8-5-9-17-29;28-25(24-19-7-8-20-26-24)27-23(17-9-15-21-11-3-1-4-12-21)18-10-16-22-13-5-2-6-14-22;1-11(2,3)16-10(15)12-6-4-8(5-7-12)9(13)14/h4-9,14-17,30-32H,10-13,18-27H2,1-3H3,(H,37,40);1-6,11-14,23-24,26H,7-10,15-20H2,(H,27,28);8H,4-7H2,1-3H3,(H,13,14). The average Bonchev–Trinajstić information content (AvgIpc) is 3.50. The van der Waals surface area contributed by atoms with Gasteiger partial charge in [0.25, 0.3) is 0 Å². The molecule has 4 aliphatic rings. The Hall–Kier alpha value is -6.74. The monoisotopic (exact) mass is 1200 g/mol. The molecule has 4 fully saturated rings. The summed E-state index contributed by atoms with van der Waals surface area (Å²) in [5.41, 5.74) is 4.36. The lowest BCUT2D eigenvalue weighted by Gasteiger charge is -2.40. The molecule has 0 aromatic heterocycles. The Labute approximate surface area is 520 Å². The lowest BCUT2D eigenvalue weighted by molar-refractivity contribution is -0.147. The van der Waals surface area contributed by atoms with E-state index in [9.17, 15) is 28.8 Å². The van der Waals surface area contributed by atoms with Crippen LogP contribution in [0.2, 0.25) is 0 Å². The number of rotatable bonds is 22. The van der Waals surface area contributed by atoms with Crippen molar-refractivity contribution in [3.63, 3.8) is 0 Å². The van der Waals surface area contributed by atoms with Crippen molar-refractivity contribution >= 4 is 35.9 Å². The molecular weight excluding hydrogens is 1090 g/mol. The molecule has 0 aliphatic carbocycles. The fraction of sp³-hybridized carbons (Fsp3) is 0.583. The second-order valence-corrected chi connectivity index (χ2v) is 26.3. The minimum atomic E-state index is -0.774. The summed E-state index contributed by atoms with van der Waals surface area (Å²) in [5, 5.41) is 18.9. The Balaban J connectivity index is 0.000000234. The fourth-order valence-electron chi connectivity index (χ4n) is 12.0. The van der Waals surface area contributed by atoms with Gasteiger partial charge in [-0.3, -0.25) is 19.2 Å². The quantitative estimate of drug-likeness (QED) is 0.0590. The number of nitrogens with zero attached hydrogens (tertiary/aromatic N) is 3. The van der Waals surface area contributed by atoms with Crippen LogP contribution < -0.4 is 16.0 Å². The van der Waals surface area contributed by atoms with E-state index < -0.39 is 23.2 Å². The highest BCUT2D eigenvalue weighted by Crippen LogP contribution is 2.27. The SMILES string of the molecule is CC(C)(C)OC(=O)N1CCC(C(=O)N2CCCCC2C(=O)NC(CCCc2ccccc2)CCCc2ccccc2)CC1.CC(C)(C)OC(=O)N1CCC(C(=O)O)CC1.O=C(NC(CCCc1ccccc1)CCCc1ccccc1)C1CCCCN1. The van der Waals surface area contributed by atoms with Gasteiger partial charge in [-0.2, -0.15) is 0 Å². The second-order valence-electron chi connectivity index (χ2n) is 26.3. The van der Waals surface area contributed by atoms with Gasteiger partial charge >= 0.3 is 18.2 Å². The summed E-state index contributed by atoms with van der Waals surface area (Å²) in [6, 6.07) is 42.2. The molecule has 476 valence electrons. The van der Waals surface area contributed by atoms with E-state index in [4.69, 9.17) is 14.6 Å². The average molecular weight is 1200 g/mol.